The number of aromatic nitrogens is 2. The van der Waals surface area contributed by atoms with Gasteiger partial charge in [-0.2, -0.15) is 0 Å². The summed E-state index contributed by atoms with van der Waals surface area (Å²) in [5, 5.41) is 2.90. The molecule has 4 nitrogen and oxygen atoms in total. The van der Waals surface area contributed by atoms with Crippen LogP contribution in [0.2, 0.25) is 0 Å². The predicted molar refractivity (Wildman–Crippen MR) is 93.5 cm³/mol. The molecule has 1 heterocycles. The third-order valence-electron chi connectivity index (χ3n) is 4.01. The zero-order chi connectivity index (χ0) is 15.8. The Balaban J connectivity index is 1.79. The molecule has 4 aromatic rings. The normalized spacial score (nSPS) is 11.1. The van der Waals surface area contributed by atoms with E-state index in [1.54, 1.807) is 29.1 Å². The second kappa shape index (κ2) is 5.25. The minimum atomic E-state index is -0.0736. The predicted octanol–water partition coefficient (Wildman–Crippen LogP) is 3.18. The van der Waals surface area contributed by atoms with E-state index in [1.165, 1.54) is 5.39 Å². The molecule has 0 aliphatic heterocycles. The van der Waals surface area contributed by atoms with Crippen molar-refractivity contribution >= 4 is 27.4 Å². The Kier molecular flexibility index (Phi) is 3.08. The smallest absolute Gasteiger partial charge is 0.261 e. The molecule has 0 aliphatic rings. The lowest BCUT2D eigenvalue weighted by molar-refractivity contribution is 0.749. The van der Waals surface area contributed by atoms with Gasteiger partial charge >= 0.3 is 0 Å². The molecule has 0 radical (unpaired) electrons. The molecule has 0 saturated carbocycles. The molecule has 112 valence electrons. The molecule has 4 rings (SSSR count). The molecule has 0 unspecified atom stereocenters. The molecule has 0 fully saturated rings. The van der Waals surface area contributed by atoms with Crippen LogP contribution in [0.1, 0.15) is 5.56 Å². The molecule has 0 aliphatic carbocycles. The molecule has 0 spiro atoms. The average molecular weight is 301 g/mol. The zero-order valence-corrected chi connectivity index (χ0v) is 12.4. The van der Waals surface area contributed by atoms with Crippen LogP contribution in [-0.4, -0.2) is 9.55 Å². The highest BCUT2D eigenvalue weighted by molar-refractivity contribution is 5.83. The van der Waals surface area contributed by atoms with Gasteiger partial charge in [0, 0.05) is 5.69 Å². The summed E-state index contributed by atoms with van der Waals surface area (Å²) in [5.41, 5.74) is 8.01. The Morgan fingerprint density at radius 3 is 2.65 bits per heavy atom. The van der Waals surface area contributed by atoms with Gasteiger partial charge in [-0.25, -0.2) is 4.98 Å². The van der Waals surface area contributed by atoms with Crippen molar-refractivity contribution in [2.24, 2.45) is 0 Å². The van der Waals surface area contributed by atoms with Crippen LogP contribution in [0.3, 0.4) is 0 Å². The van der Waals surface area contributed by atoms with Gasteiger partial charge in [0.2, 0.25) is 0 Å². The lowest BCUT2D eigenvalue weighted by Gasteiger charge is -2.08. The fraction of sp³-hybridized carbons (Fsp3) is 0.0526. The number of hydrogen-bond donors (Lipinski definition) is 1. The zero-order valence-electron chi connectivity index (χ0n) is 12.4. The first-order valence-electron chi connectivity index (χ1n) is 7.43. The van der Waals surface area contributed by atoms with Crippen LogP contribution in [0.25, 0.3) is 21.7 Å². The number of anilines is 1. The highest BCUT2D eigenvalue weighted by Crippen LogP contribution is 2.16. The number of hydrogen-bond acceptors (Lipinski definition) is 3. The van der Waals surface area contributed by atoms with Crippen molar-refractivity contribution < 1.29 is 0 Å². The Morgan fingerprint density at radius 2 is 1.78 bits per heavy atom. The van der Waals surface area contributed by atoms with Crippen LogP contribution in [0, 0.1) is 0 Å². The summed E-state index contributed by atoms with van der Waals surface area (Å²) in [6, 6.07) is 19.6. The van der Waals surface area contributed by atoms with E-state index in [-0.39, 0.29) is 5.56 Å². The molecule has 0 amide bonds. The van der Waals surface area contributed by atoms with Crippen molar-refractivity contribution in [2.45, 2.75) is 6.54 Å². The van der Waals surface area contributed by atoms with E-state index in [9.17, 15) is 4.79 Å². The van der Waals surface area contributed by atoms with Crippen LogP contribution in [0.15, 0.2) is 71.8 Å². The molecule has 4 heteroatoms. The topological polar surface area (TPSA) is 60.9 Å². The minimum Gasteiger partial charge on any atom is -0.399 e. The first kappa shape index (κ1) is 13.5. The fourth-order valence-corrected chi connectivity index (χ4v) is 2.82. The summed E-state index contributed by atoms with van der Waals surface area (Å²) in [5.74, 6) is 0. The van der Waals surface area contributed by atoms with Gasteiger partial charge in [0.1, 0.15) is 0 Å². The molecule has 0 saturated heterocycles. The second-order valence-electron chi connectivity index (χ2n) is 5.64. The fourth-order valence-electron chi connectivity index (χ4n) is 2.82. The number of benzene rings is 3. The third-order valence-corrected chi connectivity index (χ3v) is 4.01. The van der Waals surface area contributed by atoms with Crippen molar-refractivity contribution in [3.8, 4) is 0 Å². The van der Waals surface area contributed by atoms with Gasteiger partial charge in [-0.3, -0.25) is 9.36 Å². The molecular weight excluding hydrogens is 286 g/mol. The first-order chi connectivity index (χ1) is 11.2. The highest BCUT2D eigenvalue weighted by Gasteiger charge is 2.05. The largest absolute Gasteiger partial charge is 0.399 e. The van der Waals surface area contributed by atoms with Gasteiger partial charge in [-0.15, -0.1) is 0 Å². The molecule has 2 N–H and O–H groups in total. The molecule has 3 aromatic carbocycles. The maximum Gasteiger partial charge on any atom is 0.261 e. The van der Waals surface area contributed by atoms with Crippen LogP contribution in [-0.2, 0) is 6.54 Å². The Hall–Kier alpha value is -3.14. The highest BCUT2D eigenvalue weighted by atomic mass is 16.1. The maximum absolute atomic E-state index is 12.6. The molecule has 1 aromatic heterocycles. The number of fused-ring (bicyclic) bond motifs is 2. The summed E-state index contributed by atoms with van der Waals surface area (Å²) in [6.45, 7) is 0.488. The number of nitrogens with two attached hydrogens (primary N) is 1. The third kappa shape index (κ3) is 2.44. The summed E-state index contributed by atoms with van der Waals surface area (Å²) < 4.78 is 1.62. The van der Waals surface area contributed by atoms with Gasteiger partial charge < -0.3 is 5.73 Å². The van der Waals surface area contributed by atoms with Gasteiger partial charge in [0.15, 0.2) is 0 Å². The summed E-state index contributed by atoms with van der Waals surface area (Å²) in [6.07, 6.45) is 1.59. The summed E-state index contributed by atoms with van der Waals surface area (Å²) in [4.78, 5) is 17.0. The summed E-state index contributed by atoms with van der Waals surface area (Å²) in [7, 11) is 0. The Morgan fingerprint density at radius 1 is 0.957 bits per heavy atom. The van der Waals surface area contributed by atoms with Crippen LogP contribution in [0.4, 0.5) is 5.69 Å². The number of nitrogen functional groups attached to an aromatic ring is 1. The molecule has 0 atom stereocenters. The Bertz CT molecular complexity index is 1080. The van der Waals surface area contributed by atoms with E-state index >= 15 is 0 Å². The van der Waals surface area contributed by atoms with Crippen molar-refractivity contribution in [3.05, 3.63) is 82.9 Å². The lowest BCUT2D eigenvalue weighted by atomic mass is 10.1. The minimum absolute atomic E-state index is 0.0736. The van der Waals surface area contributed by atoms with Gasteiger partial charge in [0.25, 0.3) is 5.56 Å². The van der Waals surface area contributed by atoms with Crippen molar-refractivity contribution in [1.29, 1.82) is 0 Å². The van der Waals surface area contributed by atoms with Crippen LogP contribution >= 0.6 is 0 Å². The summed E-state index contributed by atoms with van der Waals surface area (Å²) >= 11 is 0. The lowest BCUT2D eigenvalue weighted by Crippen LogP contribution is -2.21. The molecule has 0 bridgehead atoms. The van der Waals surface area contributed by atoms with E-state index in [1.807, 2.05) is 18.2 Å². The van der Waals surface area contributed by atoms with Crippen LogP contribution < -0.4 is 11.3 Å². The number of rotatable bonds is 2. The maximum atomic E-state index is 12.6. The van der Waals surface area contributed by atoms with Crippen LogP contribution in [0.5, 0.6) is 0 Å². The monoisotopic (exact) mass is 301 g/mol. The number of nitrogens with zero attached hydrogens (tertiary/aromatic N) is 2. The quantitative estimate of drug-likeness (QED) is 0.578. The van der Waals surface area contributed by atoms with E-state index in [0.717, 1.165) is 10.9 Å². The van der Waals surface area contributed by atoms with E-state index in [2.05, 4.69) is 29.2 Å². The van der Waals surface area contributed by atoms with E-state index in [4.69, 9.17) is 5.73 Å². The van der Waals surface area contributed by atoms with Crippen molar-refractivity contribution in [2.75, 3.05) is 5.73 Å². The molecular formula is C19H15N3O. The average Bonchev–Trinajstić information content (AvgIpc) is 2.58. The van der Waals surface area contributed by atoms with Gasteiger partial charge in [0.05, 0.1) is 23.8 Å². The van der Waals surface area contributed by atoms with E-state index < -0.39 is 0 Å². The standard InChI is InChI=1S/C19H15N3O/c20-16-7-8-18-17(10-16)19(23)22(12-21-18)11-13-5-6-14-3-1-2-4-15(14)9-13/h1-10,12H,11,20H2. The van der Waals surface area contributed by atoms with Gasteiger partial charge in [-0.1, -0.05) is 36.4 Å². The SMILES string of the molecule is Nc1ccc2ncn(Cc3ccc4ccccc4c3)c(=O)c2c1. The van der Waals surface area contributed by atoms with E-state index in [0.29, 0.717) is 23.1 Å². The van der Waals surface area contributed by atoms with Gasteiger partial charge in [-0.05, 0) is 40.6 Å². The first-order valence-corrected chi connectivity index (χ1v) is 7.43. The van der Waals surface area contributed by atoms with Crippen molar-refractivity contribution in [1.82, 2.24) is 9.55 Å². The van der Waals surface area contributed by atoms with Crippen molar-refractivity contribution in [3.63, 3.8) is 0 Å². The second-order valence-corrected chi connectivity index (χ2v) is 5.64. The molecule has 23 heavy (non-hydrogen) atoms. The Labute approximate surface area is 132 Å².